The summed E-state index contributed by atoms with van der Waals surface area (Å²) in [5.41, 5.74) is 1.25. The van der Waals surface area contributed by atoms with Gasteiger partial charge in [0, 0.05) is 57.3 Å². The number of hydrogen-bond donors (Lipinski definition) is 1. The lowest BCUT2D eigenvalue weighted by molar-refractivity contribution is -0.132. The fraction of sp³-hybridized carbons (Fsp3) is 0.500. The van der Waals surface area contributed by atoms with Crippen molar-refractivity contribution in [1.82, 2.24) is 14.7 Å². The highest BCUT2D eigenvalue weighted by Crippen LogP contribution is 2.13. The van der Waals surface area contributed by atoms with Crippen molar-refractivity contribution in [2.24, 2.45) is 0 Å². The fourth-order valence-corrected chi connectivity index (χ4v) is 2.72. The summed E-state index contributed by atoms with van der Waals surface area (Å²) in [6.45, 7) is 4.40. The molecule has 0 bridgehead atoms. The summed E-state index contributed by atoms with van der Waals surface area (Å²) in [6.07, 6.45) is 0.506. The van der Waals surface area contributed by atoms with Crippen LogP contribution in [0.15, 0.2) is 24.3 Å². The molecule has 1 aromatic carbocycles. The summed E-state index contributed by atoms with van der Waals surface area (Å²) in [4.78, 5) is 41.3. The lowest BCUT2D eigenvalue weighted by atomic mass is 10.1. The average Bonchev–Trinajstić information content (AvgIpc) is 2.59. The van der Waals surface area contributed by atoms with Crippen molar-refractivity contribution in [3.8, 4) is 0 Å². The van der Waals surface area contributed by atoms with Gasteiger partial charge >= 0.3 is 0 Å². The molecule has 0 radical (unpaired) electrons. The SMILES string of the molecule is CC(=O)Nc1ccc(C(=O)N2CCN(C(=O)CCN(C)C)CC2)cc1. The second-order valence-corrected chi connectivity index (χ2v) is 6.48. The van der Waals surface area contributed by atoms with E-state index in [0.717, 1.165) is 6.54 Å². The molecular formula is C18H26N4O3. The van der Waals surface area contributed by atoms with E-state index in [2.05, 4.69) is 5.32 Å². The maximum Gasteiger partial charge on any atom is 0.253 e. The van der Waals surface area contributed by atoms with E-state index < -0.39 is 0 Å². The van der Waals surface area contributed by atoms with Crippen LogP contribution in [0.25, 0.3) is 0 Å². The van der Waals surface area contributed by atoms with Gasteiger partial charge in [0.1, 0.15) is 0 Å². The second kappa shape index (κ2) is 8.62. The predicted molar refractivity (Wildman–Crippen MR) is 96.4 cm³/mol. The highest BCUT2D eigenvalue weighted by molar-refractivity contribution is 5.95. The van der Waals surface area contributed by atoms with Gasteiger partial charge in [0.25, 0.3) is 5.91 Å². The minimum atomic E-state index is -0.144. The van der Waals surface area contributed by atoms with E-state index in [0.29, 0.717) is 43.9 Å². The van der Waals surface area contributed by atoms with Crippen LogP contribution in [0, 0.1) is 0 Å². The standard InChI is InChI=1S/C18H26N4O3/c1-14(23)19-16-6-4-15(5-7-16)18(25)22-12-10-21(11-13-22)17(24)8-9-20(2)3/h4-7H,8-13H2,1-3H3,(H,19,23). The minimum Gasteiger partial charge on any atom is -0.339 e. The van der Waals surface area contributed by atoms with Crippen LogP contribution in [0.5, 0.6) is 0 Å². The molecule has 1 aromatic rings. The van der Waals surface area contributed by atoms with Crippen LogP contribution in [-0.2, 0) is 9.59 Å². The van der Waals surface area contributed by atoms with E-state index in [9.17, 15) is 14.4 Å². The number of carbonyl (C=O) groups is 3. The summed E-state index contributed by atoms with van der Waals surface area (Å²) < 4.78 is 0. The molecule has 0 unspecified atom stereocenters. The molecule has 25 heavy (non-hydrogen) atoms. The quantitative estimate of drug-likeness (QED) is 0.859. The molecule has 0 atom stereocenters. The summed E-state index contributed by atoms with van der Waals surface area (Å²) >= 11 is 0. The predicted octanol–water partition coefficient (Wildman–Crippen LogP) is 0.881. The third-order valence-electron chi connectivity index (χ3n) is 4.14. The molecule has 1 heterocycles. The Kier molecular flexibility index (Phi) is 6.52. The molecule has 1 saturated heterocycles. The van der Waals surface area contributed by atoms with Gasteiger partial charge in [-0.3, -0.25) is 14.4 Å². The molecule has 1 aliphatic rings. The molecule has 7 heteroatoms. The van der Waals surface area contributed by atoms with Crippen molar-refractivity contribution in [1.29, 1.82) is 0 Å². The van der Waals surface area contributed by atoms with E-state index in [1.54, 1.807) is 29.2 Å². The van der Waals surface area contributed by atoms with Gasteiger partial charge in [-0.2, -0.15) is 0 Å². The molecule has 0 saturated carbocycles. The largest absolute Gasteiger partial charge is 0.339 e. The van der Waals surface area contributed by atoms with Gasteiger partial charge in [-0.25, -0.2) is 0 Å². The average molecular weight is 346 g/mol. The highest BCUT2D eigenvalue weighted by Gasteiger charge is 2.24. The Morgan fingerprint density at radius 3 is 2.08 bits per heavy atom. The first-order valence-corrected chi connectivity index (χ1v) is 8.46. The van der Waals surface area contributed by atoms with Crippen LogP contribution in [-0.4, -0.2) is 79.2 Å². The van der Waals surface area contributed by atoms with E-state index >= 15 is 0 Å². The van der Waals surface area contributed by atoms with E-state index in [1.165, 1.54) is 6.92 Å². The van der Waals surface area contributed by atoms with E-state index in [4.69, 9.17) is 0 Å². The van der Waals surface area contributed by atoms with E-state index in [1.807, 2.05) is 23.9 Å². The summed E-state index contributed by atoms with van der Waals surface area (Å²) in [6, 6.07) is 6.86. The van der Waals surface area contributed by atoms with Crippen molar-refractivity contribution in [2.45, 2.75) is 13.3 Å². The molecular weight excluding hydrogens is 320 g/mol. The van der Waals surface area contributed by atoms with Crippen LogP contribution in [0.2, 0.25) is 0 Å². The van der Waals surface area contributed by atoms with Gasteiger partial charge in [0.15, 0.2) is 0 Å². The van der Waals surface area contributed by atoms with Crippen molar-refractivity contribution >= 4 is 23.4 Å². The summed E-state index contributed by atoms with van der Waals surface area (Å²) in [5.74, 6) is -0.0515. The maximum absolute atomic E-state index is 12.6. The monoisotopic (exact) mass is 346 g/mol. The number of nitrogens with one attached hydrogen (secondary N) is 1. The number of piperazine rings is 1. The molecule has 2 rings (SSSR count). The van der Waals surface area contributed by atoms with Gasteiger partial charge in [-0.1, -0.05) is 0 Å². The summed E-state index contributed by atoms with van der Waals surface area (Å²) in [5, 5.41) is 2.68. The second-order valence-electron chi connectivity index (χ2n) is 6.48. The van der Waals surface area contributed by atoms with Crippen molar-refractivity contribution < 1.29 is 14.4 Å². The Labute approximate surface area is 148 Å². The van der Waals surface area contributed by atoms with Gasteiger partial charge in [-0.15, -0.1) is 0 Å². The molecule has 136 valence electrons. The zero-order valence-corrected chi connectivity index (χ0v) is 15.1. The zero-order valence-electron chi connectivity index (χ0n) is 15.1. The first-order valence-electron chi connectivity index (χ1n) is 8.46. The topological polar surface area (TPSA) is 73.0 Å². The van der Waals surface area contributed by atoms with Gasteiger partial charge in [-0.05, 0) is 38.4 Å². The Morgan fingerprint density at radius 1 is 1.00 bits per heavy atom. The number of anilines is 1. The number of hydrogen-bond acceptors (Lipinski definition) is 4. The molecule has 3 amide bonds. The number of rotatable bonds is 5. The van der Waals surface area contributed by atoms with E-state index in [-0.39, 0.29) is 17.7 Å². The lowest BCUT2D eigenvalue weighted by Crippen LogP contribution is -2.50. The van der Waals surface area contributed by atoms with Gasteiger partial charge in [0.2, 0.25) is 11.8 Å². The van der Waals surface area contributed by atoms with Crippen molar-refractivity contribution in [3.63, 3.8) is 0 Å². The summed E-state index contributed by atoms with van der Waals surface area (Å²) in [7, 11) is 3.89. The first-order chi connectivity index (χ1) is 11.9. The molecule has 0 aromatic heterocycles. The third-order valence-corrected chi connectivity index (χ3v) is 4.14. The van der Waals surface area contributed by atoms with Gasteiger partial charge < -0.3 is 20.0 Å². The van der Waals surface area contributed by atoms with Crippen LogP contribution >= 0.6 is 0 Å². The highest BCUT2D eigenvalue weighted by atomic mass is 16.2. The molecule has 1 aliphatic heterocycles. The lowest BCUT2D eigenvalue weighted by Gasteiger charge is -2.35. The number of benzene rings is 1. The Morgan fingerprint density at radius 2 is 1.56 bits per heavy atom. The minimum absolute atomic E-state index is 0.0465. The maximum atomic E-state index is 12.6. The molecule has 0 spiro atoms. The number of amides is 3. The number of carbonyl (C=O) groups excluding carboxylic acids is 3. The molecule has 1 fully saturated rings. The van der Waals surface area contributed by atoms with Gasteiger partial charge in [0.05, 0.1) is 0 Å². The number of nitrogens with zero attached hydrogens (tertiary/aromatic N) is 3. The van der Waals surface area contributed by atoms with Crippen LogP contribution < -0.4 is 5.32 Å². The smallest absolute Gasteiger partial charge is 0.253 e. The molecule has 0 aliphatic carbocycles. The van der Waals surface area contributed by atoms with Crippen molar-refractivity contribution in [2.75, 3.05) is 52.1 Å². The molecule has 7 nitrogen and oxygen atoms in total. The Hall–Kier alpha value is -2.41. The molecule has 1 N–H and O–H groups in total. The normalized spacial score (nSPS) is 14.6. The first kappa shape index (κ1) is 18.9. The van der Waals surface area contributed by atoms with Crippen molar-refractivity contribution in [3.05, 3.63) is 29.8 Å². The Balaban J connectivity index is 1.86. The Bertz CT molecular complexity index is 620. The zero-order chi connectivity index (χ0) is 18.4. The van der Waals surface area contributed by atoms with Crippen LogP contribution in [0.4, 0.5) is 5.69 Å². The van der Waals surface area contributed by atoms with Crippen LogP contribution in [0.1, 0.15) is 23.7 Å². The third kappa shape index (κ3) is 5.56. The fourth-order valence-electron chi connectivity index (χ4n) is 2.72. The van der Waals surface area contributed by atoms with Crippen LogP contribution in [0.3, 0.4) is 0 Å².